The second kappa shape index (κ2) is 11.2. The van der Waals surface area contributed by atoms with Gasteiger partial charge >= 0.3 is 5.97 Å². The molecule has 0 saturated carbocycles. The lowest BCUT2D eigenvalue weighted by Gasteiger charge is -2.17. The van der Waals surface area contributed by atoms with Gasteiger partial charge in [-0.3, -0.25) is 14.4 Å². The zero-order valence-corrected chi connectivity index (χ0v) is 22.8. The number of thiophene rings is 1. The number of carbonyl (C=O) groups excluding carboxylic acids is 3. The summed E-state index contributed by atoms with van der Waals surface area (Å²) in [7, 11) is 3.06. The summed E-state index contributed by atoms with van der Waals surface area (Å²) < 4.78 is 16.7. The SMILES string of the molecule is CCOC(=O)c1nn(-c2cccc(OC)c2)c(=O)c2c(NC(=O)C3CC(=O)N(c4ccc(OC)cc4)C3)scc12. The molecule has 12 heteroatoms. The summed E-state index contributed by atoms with van der Waals surface area (Å²) in [5, 5.41) is 9.36. The van der Waals surface area contributed by atoms with Gasteiger partial charge in [-0.15, -0.1) is 11.3 Å². The fourth-order valence-electron chi connectivity index (χ4n) is 4.52. The van der Waals surface area contributed by atoms with Crippen molar-refractivity contribution in [3.63, 3.8) is 0 Å². The maximum absolute atomic E-state index is 13.7. The molecule has 2 amide bonds. The average molecular weight is 563 g/mol. The summed E-state index contributed by atoms with van der Waals surface area (Å²) >= 11 is 1.10. The molecule has 2 aromatic heterocycles. The predicted octanol–water partition coefficient (Wildman–Crippen LogP) is 3.63. The Morgan fingerprint density at radius 1 is 1.05 bits per heavy atom. The maximum atomic E-state index is 13.7. The van der Waals surface area contributed by atoms with Crippen LogP contribution in [0.1, 0.15) is 23.8 Å². The zero-order valence-electron chi connectivity index (χ0n) is 22.0. The van der Waals surface area contributed by atoms with Gasteiger partial charge in [0.1, 0.15) is 16.5 Å². The van der Waals surface area contributed by atoms with Crippen molar-refractivity contribution < 1.29 is 28.6 Å². The van der Waals surface area contributed by atoms with Gasteiger partial charge in [0.05, 0.1) is 37.8 Å². The van der Waals surface area contributed by atoms with Crippen LogP contribution in [0.5, 0.6) is 11.5 Å². The topological polar surface area (TPSA) is 129 Å². The first kappa shape index (κ1) is 26.9. The first-order chi connectivity index (χ1) is 19.3. The van der Waals surface area contributed by atoms with E-state index in [2.05, 4.69) is 10.4 Å². The molecule has 1 aliphatic rings. The van der Waals surface area contributed by atoms with Gasteiger partial charge < -0.3 is 24.4 Å². The van der Waals surface area contributed by atoms with Crippen LogP contribution in [-0.2, 0) is 14.3 Å². The van der Waals surface area contributed by atoms with Gasteiger partial charge in [-0.05, 0) is 43.3 Å². The number of hydrogen-bond acceptors (Lipinski definition) is 9. The molecule has 0 spiro atoms. The molecule has 206 valence electrons. The van der Waals surface area contributed by atoms with Gasteiger partial charge in [0.25, 0.3) is 5.56 Å². The smallest absolute Gasteiger partial charge is 0.359 e. The molecule has 2 aromatic carbocycles. The molecule has 3 heterocycles. The third kappa shape index (κ3) is 5.00. The summed E-state index contributed by atoms with van der Waals surface area (Å²) in [4.78, 5) is 54.1. The molecule has 0 bridgehead atoms. The second-order valence-electron chi connectivity index (χ2n) is 8.93. The number of anilines is 2. The summed E-state index contributed by atoms with van der Waals surface area (Å²) in [5.41, 5.74) is 0.443. The lowest BCUT2D eigenvalue weighted by Crippen LogP contribution is -2.29. The van der Waals surface area contributed by atoms with E-state index in [0.717, 1.165) is 16.0 Å². The number of ether oxygens (including phenoxy) is 3. The number of nitrogens with zero attached hydrogens (tertiary/aromatic N) is 3. The van der Waals surface area contributed by atoms with Crippen molar-refractivity contribution in [1.29, 1.82) is 0 Å². The van der Waals surface area contributed by atoms with Crippen LogP contribution in [0, 0.1) is 5.92 Å². The molecular weight excluding hydrogens is 536 g/mol. The molecule has 1 fully saturated rings. The largest absolute Gasteiger partial charge is 0.497 e. The number of carbonyl (C=O) groups is 3. The van der Waals surface area contributed by atoms with E-state index in [9.17, 15) is 19.2 Å². The summed E-state index contributed by atoms with van der Waals surface area (Å²) in [6.07, 6.45) is 0.0187. The third-order valence-corrected chi connectivity index (χ3v) is 7.43. The van der Waals surface area contributed by atoms with Crippen molar-refractivity contribution in [2.75, 3.05) is 37.6 Å². The molecule has 1 saturated heterocycles. The average Bonchev–Trinajstić information content (AvgIpc) is 3.57. The monoisotopic (exact) mass is 562 g/mol. The minimum atomic E-state index is -0.698. The normalized spacial score (nSPS) is 14.8. The van der Waals surface area contributed by atoms with Gasteiger partial charge in [-0.1, -0.05) is 6.07 Å². The minimum Gasteiger partial charge on any atom is -0.497 e. The van der Waals surface area contributed by atoms with Gasteiger partial charge in [0.15, 0.2) is 5.69 Å². The van der Waals surface area contributed by atoms with Gasteiger partial charge in [-0.2, -0.15) is 9.78 Å². The summed E-state index contributed by atoms with van der Waals surface area (Å²) in [6, 6.07) is 13.7. The summed E-state index contributed by atoms with van der Waals surface area (Å²) in [6.45, 7) is 1.98. The van der Waals surface area contributed by atoms with Crippen molar-refractivity contribution in [3.8, 4) is 17.2 Å². The quantitative estimate of drug-likeness (QED) is 0.323. The maximum Gasteiger partial charge on any atom is 0.359 e. The molecule has 1 N–H and O–H groups in total. The molecule has 0 radical (unpaired) electrons. The third-order valence-electron chi connectivity index (χ3n) is 6.54. The Balaban J connectivity index is 1.49. The van der Waals surface area contributed by atoms with Crippen LogP contribution in [0.3, 0.4) is 0 Å². The van der Waals surface area contributed by atoms with Crippen LogP contribution in [-0.4, -0.2) is 54.9 Å². The predicted molar refractivity (Wildman–Crippen MR) is 150 cm³/mol. The van der Waals surface area contributed by atoms with Crippen LogP contribution in [0.4, 0.5) is 10.7 Å². The number of benzene rings is 2. The van der Waals surface area contributed by atoms with Crippen LogP contribution in [0.15, 0.2) is 58.7 Å². The highest BCUT2D eigenvalue weighted by molar-refractivity contribution is 7.16. The Hall–Kier alpha value is -4.71. The van der Waals surface area contributed by atoms with Gasteiger partial charge in [0.2, 0.25) is 11.8 Å². The number of esters is 1. The van der Waals surface area contributed by atoms with E-state index >= 15 is 0 Å². The van der Waals surface area contributed by atoms with E-state index < -0.39 is 23.4 Å². The zero-order chi connectivity index (χ0) is 28.4. The molecule has 11 nitrogen and oxygen atoms in total. The molecule has 5 rings (SSSR count). The number of methoxy groups -OCH3 is 2. The lowest BCUT2D eigenvalue weighted by molar-refractivity contribution is -0.122. The van der Waals surface area contributed by atoms with Crippen LogP contribution >= 0.6 is 11.3 Å². The van der Waals surface area contributed by atoms with E-state index in [1.54, 1.807) is 72.8 Å². The van der Waals surface area contributed by atoms with Gasteiger partial charge in [0, 0.05) is 35.5 Å². The molecule has 0 aliphatic carbocycles. The number of fused-ring (bicyclic) bond motifs is 1. The van der Waals surface area contributed by atoms with Gasteiger partial charge in [-0.25, -0.2) is 4.79 Å². The Morgan fingerprint density at radius 2 is 1.80 bits per heavy atom. The van der Waals surface area contributed by atoms with Crippen molar-refractivity contribution in [2.45, 2.75) is 13.3 Å². The first-order valence-corrected chi connectivity index (χ1v) is 13.3. The van der Waals surface area contributed by atoms with E-state index in [1.165, 1.54) is 7.11 Å². The lowest BCUT2D eigenvalue weighted by atomic mass is 10.1. The molecule has 4 aromatic rings. The first-order valence-electron chi connectivity index (χ1n) is 12.5. The fraction of sp³-hybridized carbons (Fsp3) is 0.250. The molecular formula is C28H26N4O7S. The Bertz CT molecular complexity index is 1660. The van der Waals surface area contributed by atoms with Crippen molar-refractivity contribution in [1.82, 2.24) is 9.78 Å². The van der Waals surface area contributed by atoms with E-state index in [4.69, 9.17) is 14.2 Å². The molecule has 40 heavy (non-hydrogen) atoms. The highest BCUT2D eigenvalue weighted by Crippen LogP contribution is 2.33. The van der Waals surface area contributed by atoms with E-state index in [1.807, 2.05) is 0 Å². The summed E-state index contributed by atoms with van der Waals surface area (Å²) in [5.74, 6) is -0.777. The van der Waals surface area contributed by atoms with E-state index in [0.29, 0.717) is 22.9 Å². The van der Waals surface area contributed by atoms with Crippen molar-refractivity contribution >= 4 is 50.6 Å². The van der Waals surface area contributed by atoms with E-state index in [-0.39, 0.29) is 46.9 Å². The standard InChI is InChI=1S/C28H26N4O7S/c1-4-39-28(36)24-21-15-40-26(23(21)27(35)32(30-24)18-6-5-7-20(13-18)38-3)29-25(34)16-12-22(33)31(14-16)17-8-10-19(37-2)11-9-17/h5-11,13,15-16H,4,12,14H2,1-3H3,(H,29,34). The molecule has 1 atom stereocenters. The highest BCUT2D eigenvalue weighted by atomic mass is 32.1. The van der Waals surface area contributed by atoms with Crippen LogP contribution in [0.25, 0.3) is 16.5 Å². The second-order valence-corrected chi connectivity index (χ2v) is 9.81. The molecule has 1 unspecified atom stereocenters. The van der Waals surface area contributed by atoms with Crippen LogP contribution in [0.2, 0.25) is 0 Å². The van der Waals surface area contributed by atoms with Crippen molar-refractivity contribution in [3.05, 3.63) is 70.0 Å². The minimum absolute atomic E-state index is 0.0187. The Kier molecular flexibility index (Phi) is 7.52. The Labute approximate surface area is 232 Å². The number of rotatable bonds is 8. The number of amides is 2. The van der Waals surface area contributed by atoms with Crippen molar-refractivity contribution in [2.24, 2.45) is 5.92 Å². The number of hydrogen-bond donors (Lipinski definition) is 1. The molecule has 1 aliphatic heterocycles. The fourth-order valence-corrected chi connectivity index (χ4v) is 5.46. The Morgan fingerprint density at radius 3 is 2.50 bits per heavy atom. The number of nitrogens with one attached hydrogen (secondary N) is 1. The number of aromatic nitrogens is 2. The van der Waals surface area contributed by atoms with Crippen LogP contribution < -0.4 is 25.2 Å². The highest BCUT2D eigenvalue weighted by Gasteiger charge is 2.36.